The van der Waals surface area contributed by atoms with Crippen molar-refractivity contribution < 1.29 is 0 Å². The highest BCUT2D eigenvalue weighted by Gasteiger charge is 2.20. The zero-order chi connectivity index (χ0) is 13.2. The van der Waals surface area contributed by atoms with E-state index >= 15 is 0 Å². The second kappa shape index (κ2) is 5.43. The summed E-state index contributed by atoms with van der Waals surface area (Å²) in [7, 11) is 0. The van der Waals surface area contributed by atoms with Gasteiger partial charge in [0.05, 0.1) is 4.90 Å². The summed E-state index contributed by atoms with van der Waals surface area (Å²) in [4.78, 5) is 3.57. The topological polar surface area (TPSA) is 42.1 Å². The van der Waals surface area contributed by atoms with Crippen molar-refractivity contribution in [3.63, 3.8) is 0 Å². The van der Waals surface area contributed by atoms with E-state index < -0.39 is 0 Å². The Balaban J connectivity index is 1.85. The van der Waals surface area contributed by atoms with Crippen molar-refractivity contribution in [1.29, 1.82) is 0 Å². The Kier molecular flexibility index (Phi) is 3.66. The molecule has 2 aromatic rings. The molecule has 3 nitrogen and oxygen atoms in total. The van der Waals surface area contributed by atoms with Crippen molar-refractivity contribution in [3.8, 4) is 0 Å². The lowest BCUT2D eigenvalue weighted by atomic mass is 10.0. The molecule has 2 N–H and O–H groups in total. The summed E-state index contributed by atoms with van der Waals surface area (Å²) in [5, 5.41) is 1.23. The minimum Gasteiger partial charge on any atom is -0.382 e. The Morgan fingerprint density at radius 1 is 1.21 bits per heavy atom. The van der Waals surface area contributed by atoms with Crippen LogP contribution in [0.4, 0.5) is 10.8 Å². The summed E-state index contributed by atoms with van der Waals surface area (Å²) in [6, 6.07) is 8.75. The first-order valence-corrected chi connectivity index (χ1v) is 8.40. The molecule has 0 amide bonds. The molecular weight excluding hydrogens is 274 g/mol. The van der Waals surface area contributed by atoms with E-state index in [1.807, 2.05) is 0 Å². The van der Waals surface area contributed by atoms with Crippen molar-refractivity contribution in [2.45, 2.75) is 17.7 Å². The molecular formula is C14H17N3S2. The highest BCUT2D eigenvalue weighted by Crippen LogP contribution is 2.38. The summed E-state index contributed by atoms with van der Waals surface area (Å²) < 4.78 is 4.30. The molecule has 0 bridgehead atoms. The van der Waals surface area contributed by atoms with Gasteiger partial charge in [0.2, 0.25) is 0 Å². The number of nitrogen functional groups attached to an aromatic ring is 1. The number of aromatic nitrogens is 1. The Bertz CT molecular complexity index is 553. The Labute approximate surface area is 122 Å². The van der Waals surface area contributed by atoms with Gasteiger partial charge in [0.15, 0.2) is 5.82 Å². The minimum absolute atomic E-state index is 0.675. The maximum Gasteiger partial charge on any atom is 0.153 e. The van der Waals surface area contributed by atoms with Gasteiger partial charge in [0.25, 0.3) is 0 Å². The van der Waals surface area contributed by atoms with Crippen LogP contribution in [0.25, 0.3) is 0 Å². The number of benzene rings is 1. The summed E-state index contributed by atoms with van der Waals surface area (Å²) in [6.45, 7) is 2.10. The number of nitrogens with two attached hydrogens (primary N) is 1. The van der Waals surface area contributed by atoms with E-state index in [0.717, 1.165) is 30.8 Å². The molecule has 3 rings (SSSR count). The number of thioether (sulfide) groups is 1. The van der Waals surface area contributed by atoms with Crippen LogP contribution < -0.4 is 10.6 Å². The van der Waals surface area contributed by atoms with E-state index in [4.69, 9.17) is 5.73 Å². The van der Waals surface area contributed by atoms with Crippen molar-refractivity contribution in [2.75, 3.05) is 30.0 Å². The standard InChI is InChI=1S/C14H17N3S2/c1-18-12-13(15)16-19-14(12)17-8-6-10-4-2-3-5-11(10)7-9-17/h2-5H,6-9H2,1H3,(H2,15,16). The second-order valence-corrected chi connectivity index (χ2v) is 6.23. The first kappa shape index (κ1) is 12.8. The SMILES string of the molecule is CSc1c(N)nsc1N1CCc2ccccc2CC1. The predicted octanol–water partition coefficient (Wildman–Crippen LogP) is 3.05. The van der Waals surface area contributed by atoms with E-state index in [-0.39, 0.29) is 0 Å². The van der Waals surface area contributed by atoms with Crippen molar-refractivity contribution in [1.82, 2.24) is 4.37 Å². The zero-order valence-corrected chi connectivity index (χ0v) is 12.6. The lowest BCUT2D eigenvalue weighted by Gasteiger charge is -2.21. The van der Waals surface area contributed by atoms with Crippen LogP contribution >= 0.6 is 23.3 Å². The van der Waals surface area contributed by atoms with Crippen molar-refractivity contribution >= 4 is 34.1 Å². The van der Waals surface area contributed by atoms with E-state index in [1.54, 1.807) is 11.8 Å². The molecule has 0 radical (unpaired) electrons. The van der Waals surface area contributed by atoms with E-state index in [0.29, 0.717) is 5.82 Å². The molecule has 5 heteroatoms. The highest BCUT2D eigenvalue weighted by atomic mass is 32.2. The molecule has 1 aliphatic rings. The average Bonchev–Trinajstić information content (AvgIpc) is 2.68. The zero-order valence-electron chi connectivity index (χ0n) is 10.9. The van der Waals surface area contributed by atoms with Crippen LogP contribution in [-0.2, 0) is 12.8 Å². The van der Waals surface area contributed by atoms with Gasteiger partial charge in [0.1, 0.15) is 5.00 Å². The van der Waals surface area contributed by atoms with Crippen LogP contribution in [0.3, 0.4) is 0 Å². The maximum atomic E-state index is 5.93. The monoisotopic (exact) mass is 291 g/mol. The molecule has 19 heavy (non-hydrogen) atoms. The summed E-state index contributed by atoms with van der Waals surface area (Å²) in [6.07, 6.45) is 4.26. The third-order valence-electron chi connectivity index (χ3n) is 3.57. The first-order chi connectivity index (χ1) is 9.29. The van der Waals surface area contributed by atoms with Gasteiger partial charge in [-0.25, -0.2) is 0 Å². The Morgan fingerprint density at radius 2 is 1.84 bits per heavy atom. The molecule has 1 aromatic carbocycles. The molecule has 1 aromatic heterocycles. The van der Waals surface area contributed by atoms with Gasteiger partial charge in [0, 0.05) is 13.1 Å². The molecule has 0 atom stereocenters. The minimum atomic E-state index is 0.675. The fraction of sp³-hybridized carbons (Fsp3) is 0.357. The lowest BCUT2D eigenvalue weighted by molar-refractivity contribution is 0.807. The largest absolute Gasteiger partial charge is 0.382 e. The normalized spacial score (nSPS) is 15.1. The fourth-order valence-electron chi connectivity index (χ4n) is 2.55. The van der Waals surface area contributed by atoms with E-state index in [9.17, 15) is 0 Å². The number of nitrogens with zero attached hydrogens (tertiary/aromatic N) is 2. The van der Waals surface area contributed by atoms with Gasteiger partial charge < -0.3 is 10.6 Å². The molecule has 0 saturated heterocycles. The molecule has 0 unspecified atom stereocenters. The third kappa shape index (κ3) is 2.44. The number of anilines is 2. The lowest BCUT2D eigenvalue weighted by Crippen LogP contribution is -2.25. The van der Waals surface area contributed by atoms with Gasteiger partial charge in [-0.3, -0.25) is 0 Å². The van der Waals surface area contributed by atoms with Crippen LogP contribution in [0.1, 0.15) is 11.1 Å². The van der Waals surface area contributed by atoms with Crippen LogP contribution in [0.5, 0.6) is 0 Å². The highest BCUT2D eigenvalue weighted by molar-refractivity contribution is 7.99. The van der Waals surface area contributed by atoms with Crippen molar-refractivity contribution in [3.05, 3.63) is 35.4 Å². The first-order valence-electron chi connectivity index (χ1n) is 6.40. The number of hydrogen-bond donors (Lipinski definition) is 1. The predicted molar refractivity (Wildman–Crippen MR) is 84.4 cm³/mol. The number of hydrogen-bond acceptors (Lipinski definition) is 5. The van der Waals surface area contributed by atoms with Gasteiger partial charge in [-0.15, -0.1) is 11.8 Å². The average molecular weight is 291 g/mol. The van der Waals surface area contributed by atoms with E-state index in [1.165, 1.54) is 27.7 Å². The van der Waals surface area contributed by atoms with E-state index in [2.05, 4.69) is 39.8 Å². The Morgan fingerprint density at radius 3 is 2.42 bits per heavy atom. The molecule has 0 saturated carbocycles. The second-order valence-electron chi connectivity index (χ2n) is 4.66. The molecule has 2 heterocycles. The van der Waals surface area contributed by atoms with Crippen LogP contribution in [0, 0.1) is 0 Å². The van der Waals surface area contributed by atoms with Gasteiger partial charge >= 0.3 is 0 Å². The number of rotatable bonds is 2. The van der Waals surface area contributed by atoms with Gasteiger partial charge in [-0.05, 0) is 41.8 Å². The van der Waals surface area contributed by atoms with Crippen LogP contribution in [-0.4, -0.2) is 23.7 Å². The quantitative estimate of drug-likeness (QED) is 0.864. The maximum absolute atomic E-state index is 5.93. The summed E-state index contributed by atoms with van der Waals surface area (Å²) >= 11 is 3.22. The fourth-order valence-corrected chi connectivity index (χ4v) is 4.29. The molecule has 0 aliphatic carbocycles. The number of fused-ring (bicyclic) bond motifs is 1. The van der Waals surface area contributed by atoms with Crippen molar-refractivity contribution in [2.24, 2.45) is 0 Å². The van der Waals surface area contributed by atoms with Gasteiger partial charge in [-0.1, -0.05) is 24.3 Å². The summed E-state index contributed by atoms with van der Waals surface area (Å²) in [5.41, 5.74) is 8.89. The molecule has 100 valence electrons. The molecule has 0 fully saturated rings. The third-order valence-corrected chi connectivity index (χ3v) is 5.43. The van der Waals surface area contributed by atoms with Crippen LogP contribution in [0.2, 0.25) is 0 Å². The summed E-state index contributed by atoms with van der Waals surface area (Å²) in [5.74, 6) is 0.675. The molecule has 1 aliphatic heterocycles. The molecule has 0 spiro atoms. The Hall–Kier alpha value is -1.20. The van der Waals surface area contributed by atoms with Gasteiger partial charge in [-0.2, -0.15) is 4.37 Å². The van der Waals surface area contributed by atoms with Crippen LogP contribution in [0.15, 0.2) is 29.2 Å². The smallest absolute Gasteiger partial charge is 0.153 e.